The molecule has 1 aliphatic heterocycles. The highest BCUT2D eigenvalue weighted by atomic mass is 16.2. The minimum Gasteiger partial charge on any atom is -0.342 e. The molecule has 1 saturated carbocycles. The molecule has 2 aliphatic rings. The van der Waals surface area contributed by atoms with E-state index in [-0.39, 0.29) is 11.3 Å². The van der Waals surface area contributed by atoms with Gasteiger partial charge in [0.1, 0.15) is 0 Å². The van der Waals surface area contributed by atoms with Gasteiger partial charge in [0.05, 0.1) is 5.92 Å². The van der Waals surface area contributed by atoms with Gasteiger partial charge in [0.2, 0.25) is 5.91 Å². The molecular formula is C22H25NO. The number of likely N-dealkylation sites (tertiary alicyclic amines) is 1. The molecule has 1 heterocycles. The van der Waals surface area contributed by atoms with Crippen molar-refractivity contribution in [2.24, 2.45) is 5.92 Å². The molecule has 0 N–H and O–H groups in total. The van der Waals surface area contributed by atoms with Crippen LogP contribution in [0.15, 0.2) is 60.7 Å². The molecule has 2 aromatic rings. The molecule has 1 amide bonds. The number of carbonyl (C=O) groups excluding carboxylic acids is 1. The van der Waals surface area contributed by atoms with Crippen LogP contribution in [0, 0.1) is 5.92 Å². The Balaban J connectivity index is 1.66. The second-order valence-electron chi connectivity index (χ2n) is 7.20. The summed E-state index contributed by atoms with van der Waals surface area (Å²) in [5, 5.41) is 0. The van der Waals surface area contributed by atoms with Crippen molar-refractivity contribution in [2.75, 3.05) is 13.1 Å². The van der Waals surface area contributed by atoms with Crippen LogP contribution < -0.4 is 0 Å². The highest BCUT2D eigenvalue weighted by molar-refractivity contribution is 5.86. The number of hydrogen-bond acceptors (Lipinski definition) is 1. The molecule has 0 bridgehead atoms. The Hall–Kier alpha value is -2.09. The lowest BCUT2D eigenvalue weighted by atomic mass is 9.85. The average molecular weight is 319 g/mol. The van der Waals surface area contributed by atoms with Gasteiger partial charge < -0.3 is 4.90 Å². The minimum absolute atomic E-state index is 0.0976. The quantitative estimate of drug-likeness (QED) is 0.821. The lowest BCUT2D eigenvalue weighted by molar-refractivity contribution is -0.132. The van der Waals surface area contributed by atoms with E-state index >= 15 is 0 Å². The predicted molar refractivity (Wildman–Crippen MR) is 96.8 cm³/mol. The zero-order valence-corrected chi connectivity index (χ0v) is 14.2. The molecule has 2 nitrogen and oxygen atoms in total. The van der Waals surface area contributed by atoms with E-state index in [1.807, 2.05) is 0 Å². The van der Waals surface area contributed by atoms with Crippen molar-refractivity contribution in [1.82, 2.24) is 4.90 Å². The summed E-state index contributed by atoms with van der Waals surface area (Å²) in [4.78, 5) is 15.3. The second-order valence-corrected chi connectivity index (χ2v) is 7.20. The van der Waals surface area contributed by atoms with Gasteiger partial charge in [-0.1, -0.05) is 73.5 Å². The Bertz CT molecular complexity index is 647. The van der Waals surface area contributed by atoms with Crippen LogP contribution in [-0.4, -0.2) is 23.9 Å². The highest BCUT2D eigenvalue weighted by Crippen LogP contribution is 2.59. The molecule has 0 spiro atoms. The van der Waals surface area contributed by atoms with E-state index in [0.717, 1.165) is 32.4 Å². The molecule has 1 aliphatic carbocycles. The van der Waals surface area contributed by atoms with E-state index in [2.05, 4.69) is 65.6 Å². The first-order valence-electron chi connectivity index (χ1n) is 9.22. The Labute approximate surface area is 144 Å². The van der Waals surface area contributed by atoms with Gasteiger partial charge in [-0.05, 0) is 30.4 Å². The highest BCUT2D eigenvalue weighted by Gasteiger charge is 2.60. The summed E-state index contributed by atoms with van der Waals surface area (Å²) in [6, 6.07) is 21.2. The summed E-state index contributed by atoms with van der Waals surface area (Å²) in [6.45, 7) is 1.88. The third-order valence-electron chi connectivity index (χ3n) is 5.75. The molecule has 1 atom stereocenters. The van der Waals surface area contributed by atoms with Gasteiger partial charge in [0, 0.05) is 18.5 Å². The van der Waals surface area contributed by atoms with Crippen LogP contribution in [-0.2, 0) is 10.2 Å². The lowest BCUT2D eigenvalue weighted by Gasteiger charge is -2.24. The first kappa shape index (κ1) is 15.4. The van der Waals surface area contributed by atoms with Crippen LogP contribution in [0.2, 0.25) is 0 Å². The van der Waals surface area contributed by atoms with Crippen molar-refractivity contribution in [3.8, 4) is 0 Å². The van der Waals surface area contributed by atoms with Gasteiger partial charge in [0.15, 0.2) is 0 Å². The van der Waals surface area contributed by atoms with Gasteiger partial charge in [-0.3, -0.25) is 4.79 Å². The van der Waals surface area contributed by atoms with Gasteiger partial charge in [-0.25, -0.2) is 0 Å². The summed E-state index contributed by atoms with van der Waals surface area (Å²) in [6.07, 6.45) is 5.77. The maximum Gasteiger partial charge on any atom is 0.226 e. The molecule has 4 rings (SSSR count). The summed E-state index contributed by atoms with van der Waals surface area (Å²) in [7, 11) is 0. The molecule has 124 valence electrons. The Morgan fingerprint density at radius 2 is 1.29 bits per heavy atom. The molecule has 1 saturated heterocycles. The average Bonchev–Trinajstić information content (AvgIpc) is 3.44. The van der Waals surface area contributed by atoms with Crippen LogP contribution in [0.1, 0.15) is 43.2 Å². The van der Waals surface area contributed by atoms with Crippen LogP contribution >= 0.6 is 0 Å². The number of hydrogen-bond donors (Lipinski definition) is 0. The summed E-state index contributed by atoms with van der Waals surface area (Å²) < 4.78 is 0. The fraction of sp³-hybridized carbons (Fsp3) is 0.409. The number of carbonyl (C=O) groups is 1. The normalized spacial score (nSPS) is 22.7. The SMILES string of the molecule is O=C(C1CC1(c1ccccc1)c1ccccc1)N1CCCCCC1. The van der Waals surface area contributed by atoms with E-state index in [1.54, 1.807) is 0 Å². The van der Waals surface area contributed by atoms with Gasteiger partial charge >= 0.3 is 0 Å². The van der Waals surface area contributed by atoms with Crippen molar-refractivity contribution < 1.29 is 4.79 Å². The fourth-order valence-corrected chi connectivity index (χ4v) is 4.35. The first-order valence-corrected chi connectivity index (χ1v) is 9.22. The smallest absolute Gasteiger partial charge is 0.226 e. The number of benzene rings is 2. The molecular weight excluding hydrogens is 294 g/mol. The van der Waals surface area contributed by atoms with E-state index in [1.165, 1.54) is 24.0 Å². The van der Waals surface area contributed by atoms with Gasteiger partial charge in [-0.15, -0.1) is 0 Å². The summed E-state index contributed by atoms with van der Waals surface area (Å²) in [5.74, 6) is 0.463. The number of amides is 1. The Morgan fingerprint density at radius 3 is 1.79 bits per heavy atom. The molecule has 1 unspecified atom stereocenters. The van der Waals surface area contributed by atoms with Crippen LogP contribution in [0.5, 0.6) is 0 Å². The van der Waals surface area contributed by atoms with Crippen molar-refractivity contribution in [3.05, 3.63) is 71.8 Å². The van der Waals surface area contributed by atoms with Crippen LogP contribution in [0.25, 0.3) is 0 Å². The van der Waals surface area contributed by atoms with Gasteiger partial charge in [-0.2, -0.15) is 0 Å². The first-order chi connectivity index (χ1) is 11.8. The molecule has 0 radical (unpaired) electrons. The topological polar surface area (TPSA) is 20.3 Å². The van der Waals surface area contributed by atoms with Crippen molar-refractivity contribution in [3.63, 3.8) is 0 Å². The van der Waals surface area contributed by atoms with Gasteiger partial charge in [0.25, 0.3) is 0 Å². The van der Waals surface area contributed by atoms with E-state index in [4.69, 9.17) is 0 Å². The minimum atomic E-state index is -0.119. The zero-order valence-electron chi connectivity index (χ0n) is 14.2. The van der Waals surface area contributed by atoms with Crippen LogP contribution in [0.3, 0.4) is 0 Å². The number of nitrogens with zero attached hydrogens (tertiary/aromatic N) is 1. The summed E-state index contributed by atoms with van der Waals surface area (Å²) in [5.41, 5.74) is 2.44. The van der Waals surface area contributed by atoms with E-state index < -0.39 is 0 Å². The monoisotopic (exact) mass is 319 g/mol. The molecule has 24 heavy (non-hydrogen) atoms. The maximum absolute atomic E-state index is 13.2. The molecule has 2 fully saturated rings. The lowest BCUT2D eigenvalue weighted by Crippen LogP contribution is -2.35. The standard InChI is InChI=1S/C22H25NO/c24-21(23-15-9-1-2-10-16-23)20-17-22(20,18-11-5-3-6-12-18)19-13-7-4-8-14-19/h3-8,11-14,20H,1-2,9-10,15-17H2. The van der Waals surface area contributed by atoms with Crippen molar-refractivity contribution >= 4 is 5.91 Å². The largest absolute Gasteiger partial charge is 0.342 e. The third-order valence-corrected chi connectivity index (χ3v) is 5.75. The number of rotatable bonds is 3. The van der Waals surface area contributed by atoms with Crippen LogP contribution in [0.4, 0.5) is 0 Å². The predicted octanol–water partition coefficient (Wildman–Crippen LogP) is 4.40. The molecule has 2 heteroatoms. The third kappa shape index (κ3) is 2.64. The second kappa shape index (κ2) is 6.43. The molecule has 0 aromatic heterocycles. The zero-order chi connectivity index (χ0) is 16.4. The van der Waals surface area contributed by atoms with Crippen molar-refractivity contribution in [2.45, 2.75) is 37.5 Å². The Kier molecular flexibility index (Phi) is 4.13. The summed E-state index contributed by atoms with van der Waals surface area (Å²) >= 11 is 0. The fourth-order valence-electron chi connectivity index (χ4n) is 4.35. The maximum atomic E-state index is 13.2. The molecule has 2 aromatic carbocycles. The Morgan fingerprint density at radius 1 is 0.792 bits per heavy atom. The van der Waals surface area contributed by atoms with E-state index in [9.17, 15) is 4.79 Å². The van der Waals surface area contributed by atoms with E-state index in [0.29, 0.717) is 5.91 Å². The van der Waals surface area contributed by atoms with Crippen molar-refractivity contribution in [1.29, 1.82) is 0 Å².